The largest absolute Gasteiger partial charge is 0.497 e. The van der Waals surface area contributed by atoms with Crippen LogP contribution in [0.5, 0.6) is 11.5 Å². The van der Waals surface area contributed by atoms with Gasteiger partial charge in [0.1, 0.15) is 24.4 Å². The number of methoxy groups -OCH3 is 1. The fourth-order valence-corrected chi connectivity index (χ4v) is 6.12. The molecule has 41 heavy (non-hydrogen) atoms. The van der Waals surface area contributed by atoms with E-state index in [1.807, 2.05) is 47.4 Å². The van der Waals surface area contributed by atoms with Crippen LogP contribution in [-0.2, 0) is 23.2 Å². The average Bonchev–Trinajstić information content (AvgIpc) is 3.01. The van der Waals surface area contributed by atoms with Crippen LogP contribution in [0, 0.1) is 11.3 Å². The molecule has 0 amide bonds. The molecule has 0 unspecified atom stereocenters. The summed E-state index contributed by atoms with van der Waals surface area (Å²) in [5, 5.41) is 9.34. The first kappa shape index (κ1) is 28.1. The van der Waals surface area contributed by atoms with Gasteiger partial charge in [-0.15, -0.1) is 0 Å². The topological polar surface area (TPSA) is 113 Å². The van der Waals surface area contributed by atoms with Crippen LogP contribution >= 0.6 is 0 Å². The van der Waals surface area contributed by atoms with Crippen molar-refractivity contribution in [2.75, 3.05) is 33.3 Å². The van der Waals surface area contributed by atoms with Crippen molar-refractivity contribution >= 4 is 10.0 Å². The van der Waals surface area contributed by atoms with Gasteiger partial charge in [-0.1, -0.05) is 48.5 Å². The third-order valence-electron chi connectivity index (χ3n) is 6.95. The highest BCUT2D eigenvalue weighted by molar-refractivity contribution is 7.89. The molecule has 1 aliphatic rings. The molecule has 5 rings (SSSR count). The van der Waals surface area contributed by atoms with Crippen molar-refractivity contribution in [3.05, 3.63) is 112 Å². The van der Waals surface area contributed by atoms with Crippen molar-refractivity contribution in [2.45, 2.75) is 18.0 Å². The molecule has 1 aromatic heterocycles. The summed E-state index contributed by atoms with van der Waals surface area (Å²) in [5.74, 6) is 1.08. The number of hydrogen-bond acceptors (Lipinski definition) is 8. The zero-order valence-corrected chi connectivity index (χ0v) is 23.3. The Kier molecular flexibility index (Phi) is 8.50. The lowest BCUT2D eigenvalue weighted by Crippen LogP contribution is -2.48. The van der Waals surface area contributed by atoms with Crippen LogP contribution in [0.25, 0.3) is 11.1 Å². The van der Waals surface area contributed by atoms with E-state index in [1.54, 1.807) is 24.3 Å². The van der Waals surface area contributed by atoms with Gasteiger partial charge in [0, 0.05) is 38.3 Å². The molecule has 0 saturated carbocycles. The number of hydrogen-bond donors (Lipinski definition) is 0. The molecule has 0 bridgehead atoms. The molecule has 0 atom stereocenters. The SMILES string of the molecule is COc1cccc(S(=O)(=O)N2CCN(Cc3cc(=O)c(OCc4ccc(-c5ccccc5C#N)cc4)co3)CC2)c1. The van der Waals surface area contributed by atoms with Crippen molar-refractivity contribution in [3.63, 3.8) is 0 Å². The first-order valence-electron chi connectivity index (χ1n) is 13.1. The summed E-state index contributed by atoms with van der Waals surface area (Å²) < 4.78 is 44.1. The molecule has 0 aliphatic carbocycles. The average molecular weight is 572 g/mol. The molecule has 1 saturated heterocycles. The number of nitriles is 1. The van der Waals surface area contributed by atoms with Crippen molar-refractivity contribution < 1.29 is 22.3 Å². The molecule has 0 spiro atoms. The molecule has 210 valence electrons. The highest BCUT2D eigenvalue weighted by atomic mass is 32.2. The first-order valence-corrected chi connectivity index (χ1v) is 14.5. The molecule has 1 fully saturated rings. The second kappa shape index (κ2) is 12.4. The Morgan fingerprint density at radius 1 is 0.951 bits per heavy atom. The first-order chi connectivity index (χ1) is 19.9. The molecule has 10 heteroatoms. The van der Waals surface area contributed by atoms with Crippen molar-refractivity contribution in [3.8, 4) is 28.7 Å². The van der Waals surface area contributed by atoms with Gasteiger partial charge in [0.15, 0.2) is 0 Å². The van der Waals surface area contributed by atoms with E-state index in [-0.39, 0.29) is 22.7 Å². The monoisotopic (exact) mass is 571 g/mol. The second-order valence-electron chi connectivity index (χ2n) is 9.58. The van der Waals surface area contributed by atoms with E-state index in [0.717, 1.165) is 16.7 Å². The number of benzene rings is 3. The fourth-order valence-electron chi connectivity index (χ4n) is 4.66. The molecule has 2 heterocycles. The Morgan fingerprint density at radius 2 is 1.71 bits per heavy atom. The second-order valence-corrected chi connectivity index (χ2v) is 11.5. The fraction of sp³-hybridized carbons (Fsp3) is 0.226. The molecule has 4 aromatic rings. The van der Waals surface area contributed by atoms with E-state index in [2.05, 4.69) is 6.07 Å². The van der Waals surface area contributed by atoms with Crippen LogP contribution in [0.4, 0.5) is 0 Å². The maximum atomic E-state index is 13.0. The van der Waals surface area contributed by atoms with Gasteiger partial charge in [0.2, 0.25) is 21.2 Å². The predicted octanol–water partition coefficient (Wildman–Crippen LogP) is 4.27. The minimum atomic E-state index is -3.63. The summed E-state index contributed by atoms with van der Waals surface area (Å²) >= 11 is 0. The van der Waals surface area contributed by atoms with Gasteiger partial charge >= 0.3 is 0 Å². The van der Waals surface area contributed by atoms with E-state index < -0.39 is 10.0 Å². The molecule has 0 N–H and O–H groups in total. The number of nitrogens with zero attached hydrogens (tertiary/aromatic N) is 3. The van der Waals surface area contributed by atoms with E-state index in [9.17, 15) is 18.5 Å². The third-order valence-corrected chi connectivity index (χ3v) is 8.84. The van der Waals surface area contributed by atoms with Gasteiger partial charge in [-0.2, -0.15) is 9.57 Å². The van der Waals surface area contributed by atoms with E-state index >= 15 is 0 Å². The Bertz CT molecular complexity index is 1720. The third kappa shape index (κ3) is 6.49. The highest BCUT2D eigenvalue weighted by Gasteiger charge is 2.29. The minimum absolute atomic E-state index is 0.113. The van der Waals surface area contributed by atoms with Crippen LogP contribution in [0.1, 0.15) is 16.9 Å². The number of ether oxygens (including phenoxy) is 2. The van der Waals surface area contributed by atoms with Crippen LogP contribution in [-0.4, -0.2) is 50.9 Å². The van der Waals surface area contributed by atoms with E-state index in [4.69, 9.17) is 13.9 Å². The van der Waals surface area contributed by atoms with Gasteiger partial charge in [-0.3, -0.25) is 9.69 Å². The van der Waals surface area contributed by atoms with Crippen molar-refractivity contribution in [2.24, 2.45) is 0 Å². The number of rotatable bonds is 9. The van der Waals surface area contributed by atoms with Gasteiger partial charge < -0.3 is 13.9 Å². The van der Waals surface area contributed by atoms with Gasteiger partial charge in [-0.05, 0) is 34.9 Å². The van der Waals surface area contributed by atoms with E-state index in [1.165, 1.54) is 29.8 Å². The zero-order valence-electron chi connectivity index (χ0n) is 22.5. The quantitative estimate of drug-likeness (QED) is 0.293. The predicted molar refractivity (Wildman–Crippen MR) is 153 cm³/mol. The number of piperazine rings is 1. The van der Waals surface area contributed by atoms with Gasteiger partial charge in [0.25, 0.3) is 0 Å². The summed E-state index contributed by atoms with van der Waals surface area (Å²) in [7, 11) is -2.13. The highest BCUT2D eigenvalue weighted by Crippen LogP contribution is 2.25. The molecule has 3 aromatic carbocycles. The maximum absolute atomic E-state index is 13.0. The summed E-state index contributed by atoms with van der Waals surface area (Å²) in [6.45, 7) is 2.22. The van der Waals surface area contributed by atoms with Crippen LogP contribution in [0.3, 0.4) is 0 Å². The van der Waals surface area contributed by atoms with Crippen LogP contribution in [0.15, 0.2) is 99.2 Å². The van der Waals surface area contributed by atoms with Crippen molar-refractivity contribution in [1.82, 2.24) is 9.21 Å². The number of sulfonamides is 1. The van der Waals surface area contributed by atoms with Crippen LogP contribution < -0.4 is 14.9 Å². The standard InChI is InChI=1S/C31H29N3O6S/c1-38-26-6-4-7-28(17-26)41(36,37)34-15-13-33(14-16-34)20-27-18-30(35)31(22-39-27)40-21-23-9-11-24(12-10-23)29-8-3-2-5-25(29)19-32/h2-12,17-18,22H,13-16,20-21H2,1H3. The molecule has 9 nitrogen and oxygen atoms in total. The molecular weight excluding hydrogens is 542 g/mol. The lowest BCUT2D eigenvalue weighted by Gasteiger charge is -2.33. The summed E-state index contributed by atoms with van der Waals surface area (Å²) in [4.78, 5) is 14.9. The Morgan fingerprint density at radius 3 is 2.41 bits per heavy atom. The normalized spacial score (nSPS) is 14.3. The smallest absolute Gasteiger partial charge is 0.243 e. The van der Waals surface area contributed by atoms with Gasteiger partial charge in [-0.25, -0.2) is 8.42 Å². The van der Waals surface area contributed by atoms with Gasteiger partial charge in [0.05, 0.1) is 30.2 Å². The Balaban J connectivity index is 1.15. The molecular formula is C31H29N3O6S. The molecule has 0 radical (unpaired) electrons. The lowest BCUT2D eigenvalue weighted by molar-refractivity contribution is 0.169. The zero-order chi connectivity index (χ0) is 28.8. The van der Waals surface area contributed by atoms with E-state index in [0.29, 0.717) is 49.8 Å². The Hall–Kier alpha value is -4.43. The lowest BCUT2D eigenvalue weighted by atomic mass is 9.99. The summed E-state index contributed by atoms with van der Waals surface area (Å²) in [5.41, 5.74) is 2.97. The summed E-state index contributed by atoms with van der Waals surface area (Å²) in [6, 6.07) is 25.1. The maximum Gasteiger partial charge on any atom is 0.243 e. The van der Waals surface area contributed by atoms with Crippen LogP contribution in [0.2, 0.25) is 0 Å². The minimum Gasteiger partial charge on any atom is -0.497 e. The molecule has 1 aliphatic heterocycles. The Labute approximate surface area is 238 Å². The summed E-state index contributed by atoms with van der Waals surface area (Å²) in [6.07, 6.45) is 1.32. The van der Waals surface area contributed by atoms with Crippen molar-refractivity contribution in [1.29, 1.82) is 5.26 Å².